The molecular weight excluding hydrogens is 303 g/mol. The van der Waals surface area contributed by atoms with Gasteiger partial charge in [-0.1, -0.05) is 19.9 Å². The Balaban J connectivity index is 0.00000110. The zero-order chi connectivity index (χ0) is 16.1. The van der Waals surface area contributed by atoms with E-state index in [-0.39, 0.29) is 10.8 Å². The van der Waals surface area contributed by atoms with E-state index in [1.54, 1.807) is 26.8 Å². The summed E-state index contributed by atoms with van der Waals surface area (Å²) in [5.41, 5.74) is 0.712. The molecule has 7 heteroatoms. The van der Waals surface area contributed by atoms with Gasteiger partial charge in [0.1, 0.15) is 10.7 Å². The Hall–Kier alpha value is -1.08. The molecule has 0 saturated carbocycles. The first-order valence-electron chi connectivity index (χ1n) is 5.95. The van der Waals surface area contributed by atoms with Crippen LogP contribution in [0.15, 0.2) is 23.1 Å². The molecule has 0 aliphatic heterocycles. The highest BCUT2D eigenvalue weighted by atomic mass is 32.2. The Morgan fingerprint density at radius 1 is 1.20 bits per heavy atom. The van der Waals surface area contributed by atoms with Crippen LogP contribution in [0.25, 0.3) is 0 Å². The molecule has 0 aromatic heterocycles. The molecule has 114 valence electrons. The number of aryl methyl sites for hydroxylation is 1. The fourth-order valence-electron chi connectivity index (χ4n) is 1.42. The van der Waals surface area contributed by atoms with Gasteiger partial charge in [-0.25, -0.2) is 12.8 Å². The van der Waals surface area contributed by atoms with Crippen LogP contribution in [0.4, 0.5) is 4.39 Å². The van der Waals surface area contributed by atoms with E-state index >= 15 is 0 Å². The summed E-state index contributed by atoms with van der Waals surface area (Å²) >= 11 is -0.750. The van der Waals surface area contributed by atoms with Gasteiger partial charge in [-0.3, -0.25) is 0 Å². The first-order valence-corrected chi connectivity index (χ1v) is 8.10. The van der Waals surface area contributed by atoms with E-state index < -0.39 is 32.0 Å². The molecule has 0 saturated heterocycles. The van der Waals surface area contributed by atoms with E-state index in [9.17, 15) is 12.8 Å². The van der Waals surface area contributed by atoms with Crippen LogP contribution in [-0.2, 0) is 21.4 Å². The van der Waals surface area contributed by atoms with Gasteiger partial charge < -0.3 is 0 Å². The van der Waals surface area contributed by atoms with Crippen LogP contribution in [0.1, 0.15) is 33.3 Å². The van der Waals surface area contributed by atoms with Gasteiger partial charge in [0, 0.05) is 0 Å². The Kier molecular flexibility index (Phi) is 6.70. The van der Waals surface area contributed by atoms with Gasteiger partial charge in [0.15, 0.2) is 9.84 Å². The fraction of sp³-hybridized carbons (Fsp3) is 0.538. The van der Waals surface area contributed by atoms with Crippen LogP contribution in [0.3, 0.4) is 0 Å². The standard InChI is InChI=1S/C13H19FO2S.O2S/c1-9(2)13(4,5)17(15,16)12-7-6-10(3)8-11(12)14;1-3-2/h6-9H,1-5H3;. The van der Waals surface area contributed by atoms with Crippen LogP contribution in [0.5, 0.6) is 0 Å². The second kappa shape index (κ2) is 7.08. The van der Waals surface area contributed by atoms with E-state index in [0.717, 1.165) is 0 Å². The molecule has 20 heavy (non-hydrogen) atoms. The summed E-state index contributed by atoms with van der Waals surface area (Å²) in [6.45, 7) is 8.64. The van der Waals surface area contributed by atoms with Crippen LogP contribution >= 0.6 is 0 Å². The quantitative estimate of drug-likeness (QED) is 0.858. The molecule has 0 unspecified atom stereocenters. The molecule has 0 amide bonds. The number of benzene rings is 1. The Morgan fingerprint density at radius 2 is 1.65 bits per heavy atom. The molecule has 1 rings (SSSR count). The molecule has 0 fully saturated rings. The summed E-state index contributed by atoms with van der Waals surface area (Å²) in [5, 5.41) is 0. The minimum atomic E-state index is -3.66. The van der Waals surface area contributed by atoms with E-state index in [1.165, 1.54) is 12.1 Å². The van der Waals surface area contributed by atoms with Crippen molar-refractivity contribution in [1.29, 1.82) is 0 Å². The first-order chi connectivity index (χ1) is 9.02. The van der Waals surface area contributed by atoms with Crippen molar-refractivity contribution in [3.05, 3.63) is 29.6 Å². The van der Waals surface area contributed by atoms with E-state index in [4.69, 9.17) is 8.42 Å². The maximum absolute atomic E-state index is 13.8. The molecule has 0 spiro atoms. The third-order valence-corrected chi connectivity index (χ3v) is 6.23. The van der Waals surface area contributed by atoms with Crippen molar-refractivity contribution >= 4 is 21.4 Å². The molecule has 1 aromatic carbocycles. The van der Waals surface area contributed by atoms with Crippen molar-refractivity contribution in [2.24, 2.45) is 5.92 Å². The van der Waals surface area contributed by atoms with Gasteiger partial charge in [-0.2, -0.15) is 8.42 Å². The Bertz CT molecular complexity index is 601. The zero-order valence-electron chi connectivity index (χ0n) is 12.1. The molecule has 0 N–H and O–H groups in total. The maximum Gasteiger partial charge on any atom is 0.335 e. The predicted octanol–water partition coefficient (Wildman–Crippen LogP) is 2.67. The largest absolute Gasteiger partial charge is 0.335 e. The molecule has 0 bridgehead atoms. The average Bonchev–Trinajstić information content (AvgIpc) is 2.28. The van der Waals surface area contributed by atoms with Gasteiger partial charge in [-0.15, -0.1) is 0 Å². The van der Waals surface area contributed by atoms with E-state index in [0.29, 0.717) is 5.56 Å². The predicted molar refractivity (Wildman–Crippen MR) is 76.2 cm³/mol. The average molecular weight is 322 g/mol. The Labute approximate surface area is 122 Å². The van der Waals surface area contributed by atoms with Gasteiger partial charge >= 0.3 is 11.6 Å². The number of hydrogen-bond donors (Lipinski definition) is 0. The summed E-state index contributed by atoms with van der Waals surface area (Å²) in [7, 11) is -3.66. The van der Waals surface area contributed by atoms with Crippen LogP contribution in [0.2, 0.25) is 0 Å². The third-order valence-electron chi connectivity index (χ3n) is 3.46. The lowest BCUT2D eigenvalue weighted by Gasteiger charge is -2.29. The van der Waals surface area contributed by atoms with Crippen LogP contribution < -0.4 is 0 Å². The van der Waals surface area contributed by atoms with Crippen molar-refractivity contribution < 1.29 is 21.2 Å². The highest BCUT2D eigenvalue weighted by Crippen LogP contribution is 2.33. The number of hydrogen-bond acceptors (Lipinski definition) is 4. The molecular formula is C13H19FO4S2. The first kappa shape index (κ1) is 18.9. The third kappa shape index (κ3) is 3.96. The van der Waals surface area contributed by atoms with Crippen LogP contribution in [-0.4, -0.2) is 21.6 Å². The molecule has 1 aromatic rings. The smallest absolute Gasteiger partial charge is 0.223 e. The van der Waals surface area contributed by atoms with Crippen molar-refractivity contribution in [1.82, 2.24) is 0 Å². The maximum atomic E-state index is 13.8. The lowest BCUT2D eigenvalue weighted by Crippen LogP contribution is -2.37. The van der Waals surface area contributed by atoms with Crippen molar-refractivity contribution in [3.63, 3.8) is 0 Å². The molecule has 0 atom stereocenters. The normalized spacial score (nSPS) is 11.8. The topological polar surface area (TPSA) is 68.3 Å². The van der Waals surface area contributed by atoms with Gasteiger partial charge in [0.2, 0.25) is 0 Å². The van der Waals surface area contributed by atoms with Crippen molar-refractivity contribution in [3.8, 4) is 0 Å². The van der Waals surface area contributed by atoms with Crippen molar-refractivity contribution in [2.45, 2.75) is 44.3 Å². The lowest BCUT2D eigenvalue weighted by molar-refractivity contribution is 0.450. The number of rotatable bonds is 3. The summed E-state index contributed by atoms with van der Waals surface area (Å²) in [4.78, 5) is -0.207. The van der Waals surface area contributed by atoms with Crippen LogP contribution in [0, 0.1) is 18.7 Å². The SMILES string of the molecule is Cc1ccc(S(=O)(=O)C(C)(C)C(C)C)c(F)c1.O=S=O. The van der Waals surface area contributed by atoms with E-state index in [2.05, 4.69) is 0 Å². The minimum Gasteiger partial charge on any atom is -0.223 e. The summed E-state index contributed by atoms with van der Waals surface area (Å²) < 4.78 is 54.1. The molecule has 4 nitrogen and oxygen atoms in total. The fourth-order valence-corrected chi connectivity index (χ4v) is 3.17. The number of sulfone groups is 1. The van der Waals surface area contributed by atoms with Gasteiger partial charge in [0.25, 0.3) is 0 Å². The summed E-state index contributed by atoms with van der Waals surface area (Å²) in [6, 6.07) is 4.22. The minimum absolute atomic E-state index is 0.0896. The van der Waals surface area contributed by atoms with E-state index in [1.807, 2.05) is 13.8 Å². The highest BCUT2D eigenvalue weighted by Gasteiger charge is 2.39. The summed E-state index contributed by atoms with van der Waals surface area (Å²) in [5.74, 6) is -0.757. The highest BCUT2D eigenvalue weighted by molar-refractivity contribution is 7.92. The summed E-state index contributed by atoms with van der Waals surface area (Å²) in [6.07, 6.45) is 0. The second-order valence-electron chi connectivity index (χ2n) is 5.26. The second-order valence-corrected chi connectivity index (χ2v) is 7.90. The molecule has 0 radical (unpaired) electrons. The van der Waals surface area contributed by atoms with Gasteiger partial charge in [0.05, 0.1) is 4.75 Å². The lowest BCUT2D eigenvalue weighted by atomic mass is 10.00. The molecule has 0 aliphatic carbocycles. The van der Waals surface area contributed by atoms with Gasteiger partial charge in [-0.05, 0) is 44.4 Å². The monoisotopic (exact) mass is 322 g/mol. The van der Waals surface area contributed by atoms with Crippen molar-refractivity contribution in [2.75, 3.05) is 0 Å². The number of halogens is 1. The Morgan fingerprint density at radius 3 is 2.00 bits per heavy atom. The zero-order valence-corrected chi connectivity index (χ0v) is 13.8. The molecule has 0 aliphatic rings. The molecule has 0 heterocycles.